The number of rotatable bonds is 7. The number of ether oxygens (including phenoxy) is 1. The molecule has 162 valence electrons. The molecule has 0 spiro atoms. The Kier molecular flexibility index (Phi) is 6.74. The Labute approximate surface area is 175 Å². The van der Waals surface area contributed by atoms with Gasteiger partial charge in [0.1, 0.15) is 18.5 Å². The van der Waals surface area contributed by atoms with Gasteiger partial charge in [0.15, 0.2) is 0 Å². The van der Waals surface area contributed by atoms with Gasteiger partial charge in [-0.05, 0) is 41.8 Å². The maximum absolute atomic E-state index is 13.3. The van der Waals surface area contributed by atoms with Gasteiger partial charge in [-0.15, -0.1) is 0 Å². The molecule has 9 heteroatoms. The molecule has 2 atom stereocenters. The molecular weight excluding hydrogens is 411 g/mol. The number of hydrogen-bond donors (Lipinski definition) is 2. The van der Waals surface area contributed by atoms with E-state index in [-0.39, 0.29) is 29.9 Å². The fourth-order valence-corrected chi connectivity index (χ4v) is 4.53. The van der Waals surface area contributed by atoms with Crippen LogP contribution in [0, 0.1) is 11.7 Å². The van der Waals surface area contributed by atoms with Gasteiger partial charge in [0, 0.05) is 12.2 Å². The Balaban J connectivity index is 1.78. The van der Waals surface area contributed by atoms with Gasteiger partial charge in [0.05, 0.1) is 17.5 Å². The van der Waals surface area contributed by atoms with E-state index in [1.807, 2.05) is 13.8 Å². The molecule has 1 aliphatic heterocycles. The fraction of sp³-hybridized carbons (Fsp3) is 0.381. The summed E-state index contributed by atoms with van der Waals surface area (Å²) in [5.41, 5.74) is 1.01. The number of nitrogens with one attached hydrogen (secondary N) is 1. The molecule has 30 heavy (non-hydrogen) atoms. The number of carbonyl (C=O) groups excluding carboxylic acids is 1. The highest BCUT2D eigenvalue weighted by Gasteiger charge is 2.37. The van der Waals surface area contributed by atoms with E-state index in [9.17, 15) is 22.7 Å². The van der Waals surface area contributed by atoms with Crippen LogP contribution < -0.4 is 4.72 Å². The van der Waals surface area contributed by atoms with Crippen molar-refractivity contribution >= 4 is 21.6 Å². The summed E-state index contributed by atoms with van der Waals surface area (Å²) in [6.45, 7) is 4.16. The Morgan fingerprint density at radius 2 is 1.93 bits per heavy atom. The number of carbonyl (C=O) groups is 1. The van der Waals surface area contributed by atoms with Crippen molar-refractivity contribution in [3.05, 3.63) is 59.9 Å². The summed E-state index contributed by atoms with van der Waals surface area (Å²) in [5.74, 6) is -0.571. The predicted octanol–water partition coefficient (Wildman–Crippen LogP) is 2.54. The topological polar surface area (TPSA) is 95.9 Å². The van der Waals surface area contributed by atoms with E-state index in [2.05, 4.69) is 4.72 Å². The van der Waals surface area contributed by atoms with Crippen LogP contribution >= 0.6 is 0 Å². The van der Waals surface area contributed by atoms with E-state index in [4.69, 9.17) is 4.74 Å². The number of sulfonamides is 1. The first-order valence-corrected chi connectivity index (χ1v) is 11.1. The first-order valence-electron chi connectivity index (χ1n) is 9.61. The highest BCUT2D eigenvalue weighted by Crippen LogP contribution is 2.30. The molecule has 0 aliphatic carbocycles. The van der Waals surface area contributed by atoms with E-state index >= 15 is 0 Å². The van der Waals surface area contributed by atoms with Crippen molar-refractivity contribution < 1.29 is 27.4 Å². The van der Waals surface area contributed by atoms with Crippen LogP contribution in [0.25, 0.3) is 0 Å². The molecule has 0 unspecified atom stereocenters. The van der Waals surface area contributed by atoms with Crippen molar-refractivity contribution in [2.24, 2.45) is 5.92 Å². The molecule has 0 radical (unpaired) electrons. The van der Waals surface area contributed by atoms with Crippen LogP contribution in [-0.2, 0) is 19.6 Å². The number of nitrogens with zero attached hydrogens (tertiary/aromatic N) is 1. The third-order valence-electron chi connectivity index (χ3n) is 4.80. The van der Waals surface area contributed by atoms with Crippen molar-refractivity contribution in [1.82, 2.24) is 4.90 Å². The number of morpholine rings is 1. The first-order chi connectivity index (χ1) is 14.2. The summed E-state index contributed by atoms with van der Waals surface area (Å²) in [7, 11) is -3.93. The second kappa shape index (κ2) is 9.11. The minimum Gasteiger partial charge on any atom is -0.394 e. The molecule has 0 saturated carbocycles. The van der Waals surface area contributed by atoms with Gasteiger partial charge < -0.3 is 14.7 Å². The number of amides is 1. The lowest BCUT2D eigenvalue weighted by Crippen LogP contribution is -2.53. The molecule has 2 aromatic rings. The van der Waals surface area contributed by atoms with E-state index in [0.717, 1.165) is 6.07 Å². The lowest BCUT2D eigenvalue weighted by Gasteiger charge is -2.41. The van der Waals surface area contributed by atoms with Gasteiger partial charge >= 0.3 is 0 Å². The largest absolute Gasteiger partial charge is 0.394 e. The number of benzene rings is 2. The van der Waals surface area contributed by atoms with Crippen LogP contribution in [0.5, 0.6) is 0 Å². The van der Waals surface area contributed by atoms with Crippen LogP contribution in [0.1, 0.15) is 25.5 Å². The molecule has 7 nitrogen and oxygen atoms in total. The van der Waals surface area contributed by atoms with Crippen molar-refractivity contribution in [1.29, 1.82) is 0 Å². The highest BCUT2D eigenvalue weighted by molar-refractivity contribution is 7.92. The maximum atomic E-state index is 13.3. The summed E-state index contributed by atoms with van der Waals surface area (Å²) >= 11 is 0. The zero-order valence-electron chi connectivity index (χ0n) is 16.8. The number of aliphatic hydroxyl groups excluding tert-OH is 1. The van der Waals surface area contributed by atoms with E-state index in [1.54, 1.807) is 29.2 Å². The monoisotopic (exact) mass is 436 g/mol. The van der Waals surface area contributed by atoms with Gasteiger partial charge in [-0.3, -0.25) is 9.52 Å². The summed E-state index contributed by atoms with van der Waals surface area (Å²) in [6.07, 6.45) is -0.527. The average Bonchev–Trinajstić information content (AvgIpc) is 2.69. The van der Waals surface area contributed by atoms with Crippen LogP contribution in [0.15, 0.2) is 53.4 Å². The van der Waals surface area contributed by atoms with Crippen LogP contribution in [0.4, 0.5) is 10.1 Å². The zero-order valence-corrected chi connectivity index (χ0v) is 17.6. The van der Waals surface area contributed by atoms with Crippen LogP contribution in [-0.4, -0.2) is 50.1 Å². The smallest absolute Gasteiger partial charge is 0.261 e. The van der Waals surface area contributed by atoms with Crippen molar-refractivity contribution in [2.45, 2.75) is 30.9 Å². The lowest BCUT2D eigenvalue weighted by molar-refractivity contribution is -0.161. The molecule has 3 rings (SSSR count). The SMILES string of the molecule is CC(C)CN1C(=O)CO[C@H](c2ccc(NS(=O)(=O)c3cccc(F)c3)cc2)[C@H]1CO. The first kappa shape index (κ1) is 22.2. The number of anilines is 1. The number of halogens is 1. The summed E-state index contributed by atoms with van der Waals surface area (Å²) in [6, 6.07) is 10.7. The molecule has 1 heterocycles. The Morgan fingerprint density at radius 3 is 2.53 bits per heavy atom. The Hall–Kier alpha value is -2.49. The third kappa shape index (κ3) is 4.97. The van der Waals surface area contributed by atoms with E-state index < -0.39 is 28.0 Å². The zero-order chi connectivity index (χ0) is 21.9. The molecule has 0 bridgehead atoms. The lowest BCUT2D eigenvalue weighted by atomic mass is 9.98. The summed E-state index contributed by atoms with van der Waals surface area (Å²) in [5, 5.41) is 9.88. The fourth-order valence-electron chi connectivity index (χ4n) is 3.44. The molecule has 2 N–H and O–H groups in total. The molecule has 0 aromatic heterocycles. The summed E-state index contributed by atoms with van der Waals surface area (Å²) < 4.78 is 46.3. The van der Waals surface area contributed by atoms with Crippen molar-refractivity contribution in [3.63, 3.8) is 0 Å². The average molecular weight is 437 g/mol. The minimum absolute atomic E-state index is 0.0815. The van der Waals surface area contributed by atoms with Crippen molar-refractivity contribution in [3.8, 4) is 0 Å². The van der Waals surface area contributed by atoms with E-state index in [0.29, 0.717) is 17.8 Å². The molecule has 2 aromatic carbocycles. The van der Waals surface area contributed by atoms with Crippen LogP contribution in [0.3, 0.4) is 0 Å². The quantitative estimate of drug-likeness (QED) is 0.696. The van der Waals surface area contributed by atoms with Gasteiger partial charge in [-0.1, -0.05) is 32.0 Å². The highest BCUT2D eigenvalue weighted by atomic mass is 32.2. The Morgan fingerprint density at radius 1 is 1.23 bits per heavy atom. The normalized spacial score (nSPS) is 19.9. The number of aliphatic hydroxyl groups is 1. The van der Waals surface area contributed by atoms with E-state index in [1.165, 1.54) is 18.2 Å². The van der Waals surface area contributed by atoms with Gasteiger partial charge in [-0.25, -0.2) is 12.8 Å². The molecule has 1 saturated heterocycles. The second-order valence-corrected chi connectivity index (χ2v) is 9.29. The standard InChI is InChI=1S/C21H25FN2O5S/c1-14(2)11-24-19(12-25)21(29-13-20(24)26)15-6-8-17(9-7-15)23-30(27,28)18-5-3-4-16(22)10-18/h3-10,14,19,21,23,25H,11-13H2,1-2H3/t19-,21-/m1/s1. The van der Waals surface area contributed by atoms with Gasteiger partial charge in [0.25, 0.3) is 10.0 Å². The second-order valence-electron chi connectivity index (χ2n) is 7.61. The molecule has 1 fully saturated rings. The molecule has 1 amide bonds. The maximum Gasteiger partial charge on any atom is 0.261 e. The predicted molar refractivity (Wildman–Crippen MR) is 110 cm³/mol. The number of hydrogen-bond acceptors (Lipinski definition) is 5. The third-order valence-corrected chi connectivity index (χ3v) is 6.18. The minimum atomic E-state index is -3.93. The molecular formula is C21H25FN2O5S. The molecule has 1 aliphatic rings. The van der Waals surface area contributed by atoms with Crippen LogP contribution in [0.2, 0.25) is 0 Å². The van der Waals surface area contributed by atoms with Gasteiger partial charge in [0.2, 0.25) is 5.91 Å². The Bertz CT molecular complexity index is 995. The van der Waals surface area contributed by atoms with Gasteiger partial charge in [-0.2, -0.15) is 0 Å². The summed E-state index contributed by atoms with van der Waals surface area (Å²) in [4.78, 5) is 13.7. The van der Waals surface area contributed by atoms with Crippen molar-refractivity contribution in [2.75, 3.05) is 24.5 Å².